The minimum atomic E-state index is -4.64. The normalized spacial score (nSPS) is 11.4. The Morgan fingerprint density at radius 3 is 2.22 bits per heavy atom. The number of hydrogen-bond acceptors (Lipinski definition) is 5. The van der Waals surface area contributed by atoms with Crippen LogP contribution in [0.3, 0.4) is 0 Å². The van der Waals surface area contributed by atoms with E-state index in [1.165, 1.54) is 19.2 Å². The van der Waals surface area contributed by atoms with Crippen molar-refractivity contribution in [3.8, 4) is 0 Å². The molecule has 0 atom stereocenters. The number of rotatable bonds is 7. The van der Waals surface area contributed by atoms with Gasteiger partial charge in [-0.15, -0.1) is 0 Å². The molecule has 0 radical (unpaired) electrons. The number of nitrogens with zero attached hydrogens (tertiary/aromatic N) is 2. The number of carbonyl (C=O) groups excluding carboxylic acids is 2. The van der Waals surface area contributed by atoms with Gasteiger partial charge in [-0.05, 0) is 42.1 Å². The van der Waals surface area contributed by atoms with Gasteiger partial charge < -0.3 is 9.47 Å². The molecular weight excluding hydrogens is 483 g/mol. The molecule has 32 heavy (non-hydrogen) atoms. The Morgan fingerprint density at radius 1 is 1.03 bits per heavy atom. The molecule has 0 N–H and O–H groups in total. The Labute approximate surface area is 188 Å². The molecule has 0 aromatic heterocycles. The van der Waals surface area contributed by atoms with Crippen molar-refractivity contribution < 1.29 is 41.0 Å². The van der Waals surface area contributed by atoms with E-state index in [9.17, 15) is 31.5 Å². The van der Waals surface area contributed by atoms with Crippen molar-refractivity contribution in [2.45, 2.75) is 10.4 Å². The Kier molecular flexibility index (Phi) is 8.84. The highest BCUT2D eigenvalue weighted by molar-refractivity contribution is 8.00. The van der Waals surface area contributed by atoms with Crippen molar-refractivity contribution in [1.82, 2.24) is 4.90 Å². The monoisotopic (exact) mass is 498 g/mol. The van der Waals surface area contributed by atoms with E-state index in [1.54, 1.807) is 0 Å². The van der Waals surface area contributed by atoms with Crippen LogP contribution in [0.5, 0.6) is 0 Å². The maximum atomic E-state index is 14.6. The molecule has 0 spiro atoms. The first kappa shape index (κ1) is 25.8. The van der Waals surface area contributed by atoms with Crippen LogP contribution in [0, 0.1) is 11.6 Å². The van der Waals surface area contributed by atoms with E-state index in [2.05, 4.69) is 0 Å². The molecule has 3 amide bonds. The number of benzene rings is 2. The maximum absolute atomic E-state index is 14.6. The highest BCUT2D eigenvalue weighted by Gasteiger charge is 2.33. The number of carbonyl (C=O) groups is 2. The smallest absolute Gasteiger partial charge is 0.364 e. The van der Waals surface area contributed by atoms with Crippen LogP contribution in [0.4, 0.5) is 32.4 Å². The van der Waals surface area contributed by atoms with Gasteiger partial charge in [0.15, 0.2) is 0 Å². The summed E-state index contributed by atoms with van der Waals surface area (Å²) in [5.74, 6) is -3.36. The number of halogens is 6. The van der Waals surface area contributed by atoms with Crippen LogP contribution in [0.25, 0.3) is 0 Å². The molecule has 2 aromatic rings. The van der Waals surface area contributed by atoms with E-state index >= 15 is 0 Å². The van der Waals surface area contributed by atoms with Crippen LogP contribution in [0.2, 0.25) is 5.02 Å². The molecular formula is C19H16ClF5N2O4S. The van der Waals surface area contributed by atoms with Crippen molar-refractivity contribution in [2.24, 2.45) is 0 Å². The summed E-state index contributed by atoms with van der Waals surface area (Å²) in [6, 6.07) is 4.71. The number of ether oxygens (including phenoxy) is 2. The van der Waals surface area contributed by atoms with E-state index in [-0.39, 0.29) is 5.02 Å². The average Bonchev–Trinajstić information content (AvgIpc) is 2.69. The molecule has 6 nitrogen and oxygen atoms in total. The number of imide groups is 1. The van der Waals surface area contributed by atoms with E-state index in [0.717, 1.165) is 25.3 Å². The second kappa shape index (κ2) is 10.9. The summed E-state index contributed by atoms with van der Waals surface area (Å²) in [5, 5.41) is -0.276. The molecule has 0 unspecified atom stereocenters. The van der Waals surface area contributed by atoms with Crippen molar-refractivity contribution in [1.29, 1.82) is 0 Å². The lowest BCUT2D eigenvalue weighted by Gasteiger charge is -2.29. The van der Waals surface area contributed by atoms with Gasteiger partial charge in [0.25, 0.3) is 5.91 Å². The summed E-state index contributed by atoms with van der Waals surface area (Å²) < 4.78 is 76.2. The minimum Gasteiger partial charge on any atom is -0.364 e. The molecule has 0 aliphatic carbocycles. The number of methoxy groups -OCH3 is 2. The van der Waals surface area contributed by atoms with E-state index in [4.69, 9.17) is 21.1 Å². The number of hydrogen-bond donors (Lipinski definition) is 0. The zero-order valence-electron chi connectivity index (χ0n) is 16.6. The predicted octanol–water partition coefficient (Wildman–Crippen LogP) is 5.51. The lowest BCUT2D eigenvalue weighted by Crippen LogP contribution is -2.48. The van der Waals surface area contributed by atoms with Crippen molar-refractivity contribution in [3.63, 3.8) is 0 Å². The molecule has 0 bridgehead atoms. The summed E-state index contributed by atoms with van der Waals surface area (Å²) in [4.78, 5) is 26.6. The standard InChI is InChI=1S/C19H16ClF5N2O4S/c1-30-9-26(15-7-6-11(8-14(15)22)32-19(23,24)25)18(29)27(10-31-2)17(28)16-12(20)4-3-5-13(16)21/h3-8H,9-10H2,1-2H3. The Hall–Kier alpha value is -2.41. The summed E-state index contributed by atoms with van der Waals surface area (Å²) >= 11 is 5.36. The molecule has 13 heteroatoms. The fourth-order valence-electron chi connectivity index (χ4n) is 2.57. The summed E-state index contributed by atoms with van der Waals surface area (Å²) in [6.45, 7) is -1.24. The van der Waals surface area contributed by atoms with Gasteiger partial charge in [0.2, 0.25) is 0 Å². The van der Waals surface area contributed by atoms with Gasteiger partial charge in [-0.1, -0.05) is 17.7 Å². The zero-order valence-corrected chi connectivity index (χ0v) is 18.2. The highest BCUT2D eigenvalue weighted by atomic mass is 35.5. The van der Waals surface area contributed by atoms with Crippen LogP contribution in [-0.4, -0.2) is 50.0 Å². The van der Waals surface area contributed by atoms with Crippen molar-refractivity contribution in [3.05, 3.63) is 58.6 Å². The number of thioether (sulfide) groups is 1. The minimum absolute atomic E-state index is 0.276. The molecule has 0 aliphatic rings. The van der Waals surface area contributed by atoms with Crippen LogP contribution >= 0.6 is 23.4 Å². The summed E-state index contributed by atoms with van der Waals surface area (Å²) in [7, 11) is 2.32. The lowest BCUT2D eigenvalue weighted by molar-refractivity contribution is -0.0328. The third-order valence-corrected chi connectivity index (χ3v) is 4.88. The first-order chi connectivity index (χ1) is 15.0. The van der Waals surface area contributed by atoms with Gasteiger partial charge in [0.05, 0.1) is 16.3 Å². The van der Waals surface area contributed by atoms with Gasteiger partial charge in [-0.25, -0.2) is 18.5 Å². The largest absolute Gasteiger partial charge is 0.446 e. The number of urea groups is 1. The molecule has 0 fully saturated rings. The van der Waals surface area contributed by atoms with Gasteiger partial charge in [-0.3, -0.25) is 9.69 Å². The maximum Gasteiger partial charge on any atom is 0.446 e. The molecule has 2 rings (SSSR count). The lowest BCUT2D eigenvalue weighted by atomic mass is 10.2. The molecule has 0 saturated heterocycles. The topological polar surface area (TPSA) is 59.1 Å². The number of alkyl halides is 3. The average molecular weight is 499 g/mol. The molecule has 2 aromatic carbocycles. The zero-order chi connectivity index (χ0) is 24.1. The second-order valence-corrected chi connectivity index (χ2v) is 7.58. The highest BCUT2D eigenvalue weighted by Crippen LogP contribution is 2.38. The van der Waals surface area contributed by atoms with Crippen LogP contribution in [0.15, 0.2) is 41.3 Å². The fourth-order valence-corrected chi connectivity index (χ4v) is 3.38. The molecule has 174 valence electrons. The van der Waals surface area contributed by atoms with E-state index < -0.39 is 70.5 Å². The Balaban J connectivity index is 2.44. The quantitative estimate of drug-likeness (QED) is 0.286. The number of anilines is 1. The van der Waals surface area contributed by atoms with Crippen LogP contribution in [0.1, 0.15) is 10.4 Å². The van der Waals surface area contributed by atoms with Crippen LogP contribution in [-0.2, 0) is 9.47 Å². The summed E-state index contributed by atoms with van der Waals surface area (Å²) in [5.41, 5.74) is -5.73. The number of amides is 3. The van der Waals surface area contributed by atoms with E-state index in [1.807, 2.05) is 0 Å². The van der Waals surface area contributed by atoms with Gasteiger partial charge >= 0.3 is 11.5 Å². The second-order valence-electron chi connectivity index (χ2n) is 6.04. The third kappa shape index (κ3) is 6.31. The van der Waals surface area contributed by atoms with Gasteiger partial charge in [0, 0.05) is 19.1 Å². The van der Waals surface area contributed by atoms with Crippen molar-refractivity contribution in [2.75, 3.05) is 32.6 Å². The Bertz CT molecular complexity index is 972. The van der Waals surface area contributed by atoms with Gasteiger partial charge in [-0.2, -0.15) is 13.2 Å². The molecule has 0 aliphatic heterocycles. The first-order valence-electron chi connectivity index (χ1n) is 8.60. The first-order valence-corrected chi connectivity index (χ1v) is 9.80. The molecule has 0 saturated carbocycles. The molecule has 0 heterocycles. The van der Waals surface area contributed by atoms with Crippen LogP contribution < -0.4 is 4.90 Å². The predicted molar refractivity (Wildman–Crippen MR) is 108 cm³/mol. The Morgan fingerprint density at radius 2 is 1.69 bits per heavy atom. The SMILES string of the molecule is COCN(C(=O)c1c(F)cccc1Cl)C(=O)N(COC)c1ccc(SC(F)(F)F)cc1F. The van der Waals surface area contributed by atoms with Gasteiger partial charge in [0.1, 0.15) is 25.1 Å². The van der Waals surface area contributed by atoms with Crippen molar-refractivity contribution >= 4 is 41.0 Å². The third-order valence-electron chi connectivity index (χ3n) is 3.84. The van der Waals surface area contributed by atoms with E-state index in [0.29, 0.717) is 15.9 Å². The fraction of sp³-hybridized carbons (Fsp3) is 0.263. The summed E-state index contributed by atoms with van der Waals surface area (Å²) in [6.07, 6.45) is 0.